The summed E-state index contributed by atoms with van der Waals surface area (Å²) in [6.45, 7) is 3.26. The maximum absolute atomic E-state index is 11.4. The van der Waals surface area contributed by atoms with Gasteiger partial charge in [0.25, 0.3) is 0 Å². The Hall–Kier alpha value is -0.140. The van der Waals surface area contributed by atoms with Crippen LogP contribution in [-0.2, 0) is 14.8 Å². The van der Waals surface area contributed by atoms with Gasteiger partial charge in [-0.05, 0) is 19.3 Å². The SMILES string of the molecule is CCN(CCCNC(=O)CCCCBr)S(C)(=O)=O. The molecule has 0 radical (unpaired) electrons. The van der Waals surface area contributed by atoms with Crippen molar-refractivity contribution in [2.24, 2.45) is 0 Å². The zero-order valence-corrected chi connectivity index (χ0v) is 13.5. The lowest BCUT2D eigenvalue weighted by Gasteiger charge is -2.17. The van der Waals surface area contributed by atoms with Gasteiger partial charge in [0.15, 0.2) is 0 Å². The van der Waals surface area contributed by atoms with Crippen molar-refractivity contribution in [3.63, 3.8) is 0 Å². The molecule has 0 rings (SSSR count). The second-order valence-corrected chi connectivity index (χ2v) is 6.88. The van der Waals surface area contributed by atoms with Gasteiger partial charge >= 0.3 is 0 Å². The molecule has 0 bridgehead atoms. The summed E-state index contributed by atoms with van der Waals surface area (Å²) in [7, 11) is -3.12. The summed E-state index contributed by atoms with van der Waals surface area (Å²) < 4.78 is 24.0. The highest BCUT2D eigenvalue weighted by Crippen LogP contribution is 2.00. The summed E-state index contributed by atoms with van der Waals surface area (Å²) in [5, 5.41) is 3.71. The van der Waals surface area contributed by atoms with E-state index in [9.17, 15) is 13.2 Å². The molecule has 0 aliphatic heterocycles. The molecule has 7 heteroatoms. The molecule has 0 fully saturated rings. The van der Waals surface area contributed by atoms with Crippen molar-refractivity contribution in [3.8, 4) is 0 Å². The van der Waals surface area contributed by atoms with Crippen molar-refractivity contribution >= 4 is 31.9 Å². The molecular formula is C11H23BrN2O3S. The minimum atomic E-state index is -3.12. The van der Waals surface area contributed by atoms with Crippen LogP contribution in [0.25, 0.3) is 0 Å². The van der Waals surface area contributed by atoms with Gasteiger partial charge in [0.1, 0.15) is 0 Å². The Morgan fingerprint density at radius 2 is 1.94 bits per heavy atom. The number of sulfonamides is 1. The van der Waals surface area contributed by atoms with E-state index in [1.165, 1.54) is 10.6 Å². The van der Waals surface area contributed by atoms with E-state index in [2.05, 4.69) is 21.2 Å². The molecule has 0 unspecified atom stereocenters. The fraction of sp³-hybridized carbons (Fsp3) is 0.909. The molecule has 0 spiro atoms. The molecule has 1 N–H and O–H groups in total. The van der Waals surface area contributed by atoms with Gasteiger partial charge in [0.2, 0.25) is 15.9 Å². The molecule has 18 heavy (non-hydrogen) atoms. The van der Waals surface area contributed by atoms with Crippen LogP contribution in [0.5, 0.6) is 0 Å². The monoisotopic (exact) mass is 342 g/mol. The number of nitrogens with one attached hydrogen (secondary N) is 1. The van der Waals surface area contributed by atoms with Gasteiger partial charge in [-0.15, -0.1) is 0 Å². The van der Waals surface area contributed by atoms with Crippen molar-refractivity contribution < 1.29 is 13.2 Å². The normalized spacial score (nSPS) is 11.8. The first-order valence-corrected chi connectivity index (χ1v) is 9.16. The van der Waals surface area contributed by atoms with Gasteiger partial charge in [-0.1, -0.05) is 22.9 Å². The predicted molar refractivity (Wildman–Crippen MR) is 77.4 cm³/mol. The fourth-order valence-corrected chi connectivity index (χ4v) is 2.84. The van der Waals surface area contributed by atoms with E-state index in [1.807, 2.05) is 0 Å². The highest BCUT2D eigenvalue weighted by molar-refractivity contribution is 9.09. The van der Waals surface area contributed by atoms with Crippen LogP contribution in [0.4, 0.5) is 0 Å². The second kappa shape index (κ2) is 9.75. The molecule has 0 aromatic rings. The Labute approximate surface area is 118 Å². The Morgan fingerprint density at radius 3 is 2.44 bits per heavy atom. The zero-order valence-electron chi connectivity index (χ0n) is 11.1. The molecule has 0 saturated carbocycles. The molecular weight excluding hydrogens is 320 g/mol. The number of hydrogen-bond donors (Lipinski definition) is 1. The molecule has 0 atom stereocenters. The van der Waals surface area contributed by atoms with Gasteiger partial charge in [-0.25, -0.2) is 12.7 Å². The Bertz CT molecular complexity index is 333. The van der Waals surface area contributed by atoms with Crippen LogP contribution in [0.15, 0.2) is 0 Å². The first-order valence-electron chi connectivity index (χ1n) is 6.19. The van der Waals surface area contributed by atoms with Crippen molar-refractivity contribution in [2.75, 3.05) is 31.2 Å². The van der Waals surface area contributed by atoms with E-state index in [0.717, 1.165) is 18.2 Å². The van der Waals surface area contributed by atoms with Crippen LogP contribution in [0.3, 0.4) is 0 Å². The molecule has 0 aliphatic carbocycles. The molecule has 108 valence electrons. The van der Waals surface area contributed by atoms with Crippen LogP contribution in [-0.4, -0.2) is 49.9 Å². The van der Waals surface area contributed by atoms with E-state index >= 15 is 0 Å². The lowest BCUT2D eigenvalue weighted by Crippen LogP contribution is -2.33. The van der Waals surface area contributed by atoms with E-state index in [4.69, 9.17) is 0 Å². The Kier molecular flexibility index (Phi) is 9.67. The predicted octanol–water partition coefficient (Wildman–Crippen LogP) is 1.34. The van der Waals surface area contributed by atoms with Crippen LogP contribution < -0.4 is 5.32 Å². The quantitative estimate of drug-likeness (QED) is 0.481. The number of unbranched alkanes of at least 4 members (excludes halogenated alkanes) is 1. The second-order valence-electron chi connectivity index (χ2n) is 4.10. The molecule has 0 saturated heterocycles. The van der Waals surface area contributed by atoms with Crippen molar-refractivity contribution in [1.29, 1.82) is 0 Å². The maximum Gasteiger partial charge on any atom is 0.219 e. The van der Waals surface area contributed by atoms with Crippen molar-refractivity contribution in [1.82, 2.24) is 9.62 Å². The molecule has 0 aromatic carbocycles. The third-order valence-electron chi connectivity index (χ3n) is 2.52. The summed E-state index contributed by atoms with van der Waals surface area (Å²) in [6, 6.07) is 0. The smallest absolute Gasteiger partial charge is 0.219 e. The first kappa shape index (κ1) is 17.9. The number of amides is 1. The number of halogens is 1. The van der Waals surface area contributed by atoms with Crippen molar-refractivity contribution in [2.45, 2.75) is 32.6 Å². The number of rotatable bonds is 10. The Morgan fingerprint density at radius 1 is 1.28 bits per heavy atom. The van der Waals surface area contributed by atoms with Gasteiger partial charge in [0, 0.05) is 31.4 Å². The van der Waals surface area contributed by atoms with Crippen LogP contribution in [0.2, 0.25) is 0 Å². The number of carbonyl (C=O) groups excluding carboxylic acids is 1. The molecule has 0 aliphatic rings. The van der Waals surface area contributed by atoms with Gasteiger partial charge in [-0.3, -0.25) is 4.79 Å². The highest BCUT2D eigenvalue weighted by atomic mass is 79.9. The average Bonchev–Trinajstić information content (AvgIpc) is 2.27. The zero-order chi connectivity index (χ0) is 14.0. The minimum Gasteiger partial charge on any atom is -0.356 e. The third kappa shape index (κ3) is 8.88. The lowest BCUT2D eigenvalue weighted by atomic mass is 10.2. The van der Waals surface area contributed by atoms with Crippen LogP contribution in [0.1, 0.15) is 32.6 Å². The van der Waals surface area contributed by atoms with Crippen LogP contribution in [0, 0.1) is 0 Å². The number of hydrogen-bond acceptors (Lipinski definition) is 3. The van der Waals surface area contributed by atoms with Gasteiger partial charge < -0.3 is 5.32 Å². The van der Waals surface area contributed by atoms with E-state index in [0.29, 0.717) is 32.5 Å². The summed E-state index contributed by atoms with van der Waals surface area (Å²) in [5.74, 6) is 0.0401. The topological polar surface area (TPSA) is 66.5 Å². The van der Waals surface area contributed by atoms with E-state index < -0.39 is 10.0 Å². The highest BCUT2D eigenvalue weighted by Gasteiger charge is 2.13. The largest absolute Gasteiger partial charge is 0.356 e. The number of nitrogens with zero attached hydrogens (tertiary/aromatic N) is 1. The maximum atomic E-state index is 11.4. The fourth-order valence-electron chi connectivity index (χ4n) is 1.51. The van der Waals surface area contributed by atoms with Gasteiger partial charge in [-0.2, -0.15) is 0 Å². The number of carbonyl (C=O) groups is 1. The minimum absolute atomic E-state index is 0.0401. The van der Waals surface area contributed by atoms with Crippen molar-refractivity contribution in [3.05, 3.63) is 0 Å². The number of alkyl halides is 1. The summed E-state index contributed by atoms with van der Waals surface area (Å²) in [6.07, 6.45) is 4.25. The standard InChI is InChI=1S/C11H23BrN2O3S/c1-3-14(18(2,16)17)10-6-9-13-11(15)7-4-5-8-12/h3-10H2,1-2H3,(H,13,15). The average molecular weight is 343 g/mol. The summed E-state index contributed by atoms with van der Waals surface area (Å²) in [5.41, 5.74) is 0. The molecule has 0 heterocycles. The van der Waals surface area contributed by atoms with E-state index in [-0.39, 0.29) is 5.91 Å². The summed E-state index contributed by atoms with van der Waals surface area (Å²) >= 11 is 3.31. The lowest BCUT2D eigenvalue weighted by molar-refractivity contribution is -0.121. The van der Waals surface area contributed by atoms with Crippen LogP contribution >= 0.6 is 15.9 Å². The molecule has 1 amide bonds. The third-order valence-corrected chi connectivity index (χ3v) is 4.46. The first-order chi connectivity index (χ1) is 8.41. The van der Waals surface area contributed by atoms with E-state index in [1.54, 1.807) is 6.92 Å². The molecule has 5 nitrogen and oxygen atoms in total. The molecule has 0 aromatic heterocycles. The van der Waals surface area contributed by atoms with Gasteiger partial charge in [0.05, 0.1) is 6.26 Å². The summed E-state index contributed by atoms with van der Waals surface area (Å²) in [4.78, 5) is 11.4. The Balaban J connectivity index is 3.69.